The highest BCUT2D eigenvalue weighted by Crippen LogP contribution is 2.33. The molecule has 0 nitrogen and oxygen atoms in total. The predicted molar refractivity (Wildman–Crippen MR) is 47.9 cm³/mol. The molecule has 0 aromatic heterocycles. The van der Waals surface area contributed by atoms with E-state index in [-0.39, 0.29) is 8.58 Å². The quantitative estimate of drug-likeness (QED) is 0.547. The molecule has 68 valence electrons. The number of hydrogen-bond donors (Lipinski definition) is 0. The Bertz CT molecular complexity index is 78.2. The fourth-order valence-electron chi connectivity index (χ4n) is 0.870. The minimum absolute atomic E-state index is 0.140. The van der Waals surface area contributed by atoms with Gasteiger partial charge in [-0.2, -0.15) is 0 Å². The predicted octanol–water partition coefficient (Wildman–Crippen LogP) is 3.86. The third-order valence-corrected chi connectivity index (χ3v) is 2.75. The molecule has 0 rings (SSSR count). The monoisotopic (exact) mass is 182 g/mol. The molecule has 0 heterocycles. The van der Waals surface area contributed by atoms with E-state index < -0.39 is 11.8 Å². The highest BCUT2D eigenvalue weighted by atomic mass is 31.1. The molecule has 0 aliphatic carbocycles. The minimum Gasteiger partial charge on any atom is -0.243 e. The molecule has 3 heteroatoms. The maximum atomic E-state index is 12.7. The second-order valence-corrected chi connectivity index (χ2v) is 4.27. The second kappa shape index (κ2) is 6.97. The summed E-state index contributed by atoms with van der Waals surface area (Å²) >= 11 is 0. The first-order valence-corrected chi connectivity index (χ1v) is 5.40. The standard InChI is InChI=1S/C8H17F2P/c1-3-5-7(9)11-8(10)6-4-2/h7-8,11H,3-6H2,1-2H3. The number of halogens is 2. The van der Waals surface area contributed by atoms with Crippen LogP contribution < -0.4 is 0 Å². The fourth-order valence-corrected chi connectivity index (χ4v) is 2.17. The Morgan fingerprint density at radius 1 is 1.00 bits per heavy atom. The van der Waals surface area contributed by atoms with Crippen molar-refractivity contribution >= 4 is 8.58 Å². The lowest BCUT2D eigenvalue weighted by Gasteiger charge is -2.09. The van der Waals surface area contributed by atoms with Crippen LogP contribution in [0.2, 0.25) is 0 Å². The van der Waals surface area contributed by atoms with Gasteiger partial charge in [0, 0.05) is 0 Å². The molecule has 0 aromatic carbocycles. The molecule has 0 spiro atoms. The molecule has 0 amide bonds. The van der Waals surface area contributed by atoms with Crippen LogP contribution in [0.1, 0.15) is 39.5 Å². The SMILES string of the molecule is CCCC(F)PC(F)CCC. The van der Waals surface area contributed by atoms with E-state index in [1.165, 1.54) is 0 Å². The molecule has 0 aliphatic heterocycles. The molecule has 0 aliphatic rings. The summed E-state index contributed by atoms with van der Waals surface area (Å²) in [4.78, 5) is 0. The van der Waals surface area contributed by atoms with Gasteiger partial charge in [0.05, 0.1) is 0 Å². The van der Waals surface area contributed by atoms with Crippen LogP contribution >= 0.6 is 8.58 Å². The highest BCUT2D eigenvalue weighted by Gasteiger charge is 2.12. The van der Waals surface area contributed by atoms with Crippen LogP contribution in [-0.4, -0.2) is 11.8 Å². The zero-order valence-electron chi connectivity index (χ0n) is 7.24. The summed E-state index contributed by atoms with van der Waals surface area (Å²) < 4.78 is 25.5. The van der Waals surface area contributed by atoms with Crippen LogP contribution in [0.4, 0.5) is 8.78 Å². The molecule has 0 N–H and O–H groups in total. The van der Waals surface area contributed by atoms with Crippen LogP contribution in [0.25, 0.3) is 0 Å². The van der Waals surface area contributed by atoms with Gasteiger partial charge in [-0.05, 0) is 21.4 Å². The number of alkyl halides is 2. The second-order valence-electron chi connectivity index (χ2n) is 2.68. The van der Waals surface area contributed by atoms with Gasteiger partial charge in [0.15, 0.2) is 0 Å². The highest BCUT2D eigenvalue weighted by molar-refractivity contribution is 7.39. The van der Waals surface area contributed by atoms with E-state index in [1.54, 1.807) is 0 Å². The molecule has 0 bridgehead atoms. The van der Waals surface area contributed by atoms with Gasteiger partial charge in [-0.1, -0.05) is 26.7 Å². The van der Waals surface area contributed by atoms with Crippen molar-refractivity contribution in [3.05, 3.63) is 0 Å². The lowest BCUT2D eigenvalue weighted by atomic mass is 10.4. The lowest BCUT2D eigenvalue weighted by molar-refractivity contribution is 0.385. The van der Waals surface area contributed by atoms with Gasteiger partial charge in [0.1, 0.15) is 11.8 Å². The summed E-state index contributed by atoms with van der Waals surface area (Å²) in [5, 5.41) is 0. The van der Waals surface area contributed by atoms with Gasteiger partial charge in [0.25, 0.3) is 0 Å². The average molecular weight is 182 g/mol. The van der Waals surface area contributed by atoms with E-state index in [1.807, 2.05) is 13.8 Å². The Morgan fingerprint density at radius 2 is 1.36 bits per heavy atom. The third kappa shape index (κ3) is 6.68. The van der Waals surface area contributed by atoms with E-state index in [0.717, 1.165) is 12.8 Å². The topological polar surface area (TPSA) is 0 Å². The number of hydrogen-bond acceptors (Lipinski definition) is 0. The van der Waals surface area contributed by atoms with E-state index in [0.29, 0.717) is 12.8 Å². The zero-order chi connectivity index (χ0) is 8.69. The Hall–Kier alpha value is 0.290. The summed E-state index contributed by atoms with van der Waals surface area (Å²) in [5.74, 6) is -1.80. The third-order valence-electron chi connectivity index (χ3n) is 1.45. The molecular weight excluding hydrogens is 165 g/mol. The molecular formula is C8H17F2P. The first kappa shape index (κ1) is 11.3. The van der Waals surface area contributed by atoms with Gasteiger partial charge >= 0.3 is 0 Å². The van der Waals surface area contributed by atoms with Crippen molar-refractivity contribution in [2.45, 2.75) is 51.4 Å². The molecule has 0 saturated heterocycles. The van der Waals surface area contributed by atoms with Crippen LogP contribution in [0.5, 0.6) is 0 Å². The first-order valence-electron chi connectivity index (χ1n) is 4.24. The maximum Gasteiger partial charge on any atom is 0.119 e. The van der Waals surface area contributed by atoms with Crippen molar-refractivity contribution in [3.63, 3.8) is 0 Å². The van der Waals surface area contributed by atoms with Crippen molar-refractivity contribution in [3.8, 4) is 0 Å². The molecule has 2 atom stereocenters. The van der Waals surface area contributed by atoms with Gasteiger partial charge in [-0.3, -0.25) is 0 Å². The summed E-state index contributed by atoms with van der Waals surface area (Å²) in [6.07, 6.45) is 2.66. The van der Waals surface area contributed by atoms with Gasteiger partial charge in [-0.25, -0.2) is 8.78 Å². The maximum absolute atomic E-state index is 12.7. The average Bonchev–Trinajstić information content (AvgIpc) is 1.87. The summed E-state index contributed by atoms with van der Waals surface area (Å²) in [5.41, 5.74) is 0. The van der Waals surface area contributed by atoms with Gasteiger partial charge < -0.3 is 0 Å². The zero-order valence-corrected chi connectivity index (χ0v) is 8.24. The molecule has 0 saturated carbocycles. The van der Waals surface area contributed by atoms with E-state index in [2.05, 4.69) is 0 Å². The van der Waals surface area contributed by atoms with E-state index in [9.17, 15) is 8.78 Å². The molecule has 0 radical (unpaired) electrons. The Balaban J connectivity index is 3.32. The molecule has 0 fully saturated rings. The van der Waals surface area contributed by atoms with Crippen molar-refractivity contribution in [2.75, 3.05) is 0 Å². The van der Waals surface area contributed by atoms with E-state index in [4.69, 9.17) is 0 Å². The van der Waals surface area contributed by atoms with Crippen molar-refractivity contribution in [1.29, 1.82) is 0 Å². The minimum atomic E-state index is -0.901. The van der Waals surface area contributed by atoms with Gasteiger partial charge in [-0.15, -0.1) is 0 Å². The van der Waals surface area contributed by atoms with Crippen LogP contribution in [0, 0.1) is 0 Å². The Labute approximate surface area is 69.5 Å². The Morgan fingerprint density at radius 3 is 1.64 bits per heavy atom. The van der Waals surface area contributed by atoms with Crippen molar-refractivity contribution in [2.24, 2.45) is 0 Å². The molecule has 2 unspecified atom stereocenters. The molecule has 0 aromatic rings. The van der Waals surface area contributed by atoms with Crippen molar-refractivity contribution < 1.29 is 8.78 Å². The Kier molecular flexibility index (Phi) is 7.15. The number of rotatable bonds is 6. The normalized spacial score (nSPS) is 17.5. The van der Waals surface area contributed by atoms with Crippen LogP contribution in [-0.2, 0) is 0 Å². The van der Waals surface area contributed by atoms with Crippen LogP contribution in [0.15, 0.2) is 0 Å². The van der Waals surface area contributed by atoms with E-state index >= 15 is 0 Å². The van der Waals surface area contributed by atoms with Crippen LogP contribution in [0.3, 0.4) is 0 Å². The summed E-state index contributed by atoms with van der Waals surface area (Å²) in [6.45, 7) is 3.84. The van der Waals surface area contributed by atoms with Crippen molar-refractivity contribution in [1.82, 2.24) is 0 Å². The molecule has 11 heavy (non-hydrogen) atoms. The van der Waals surface area contributed by atoms with Gasteiger partial charge in [0.2, 0.25) is 0 Å². The smallest absolute Gasteiger partial charge is 0.119 e. The summed E-state index contributed by atoms with van der Waals surface area (Å²) in [6, 6.07) is 0. The summed E-state index contributed by atoms with van der Waals surface area (Å²) in [7, 11) is -0.140. The largest absolute Gasteiger partial charge is 0.243 e. The first-order chi connectivity index (χ1) is 5.20. The fraction of sp³-hybridized carbons (Fsp3) is 1.00. The lowest BCUT2D eigenvalue weighted by Crippen LogP contribution is -1.98.